The molecule has 172 valence electrons. The number of nitrogen functional groups attached to an aromatic ring is 1. The fourth-order valence-electron chi connectivity index (χ4n) is 3.47. The van der Waals surface area contributed by atoms with Crippen molar-refractivity contribution in [2.24, 2.45) is 0 Å². The fraction of sp³-hybridized carbons (Fsp3) is 0.103. The van der Waals surface area contributed by atoms with Gasteiger partial charge in [-0.3, -0.25) is 0 Å². The summed E-state index contributed by atoms with van der Waals surface area (Å²) >= 11 is 6.99. The molecular formula is C29H25Br2NO2. The van der Waals surface area contributed by atoms with E-state index in [0.717, 1.165) is 38.1 Å². The minimum Gasteiger partial charge on any atom is -0.488 e. The number of ether oxygens (including phenoxy) is 2. The zero-order valence-electron chi connectivity index (χ0n) is 18.6. The molecule has 1 aliphatic carbocycles. The van der Waals surface area contributed by atoms with Gasteiger partial charge in [-0.2, -0.15) is 0 Å². The van der Waals surface area contributed by atoms with Gasteiger partial charge in [-0.05, 0) is 90.9 Å². The minimum atomic E-state index is 0.559. The number of hydrogen-bond donors (Lipinski definition) is 1. The molecule has 0 radical (unpaired) electrons. The van der Waals surface area contributed by atoms with Gasteiger partial charge in [0.25, 0.3) is 0 Å². The van der Waals surface area contributed by atoms with Gasteiger partial charge in [0.15, 0.2) is 0 Å². The molecule has 2 N–H and O–H groups in total. The maximum absolute atomic E-state index is 5.87. The van der Waals surface area contributed by atoms with Crippen molar-refractivity contribution in [3.8, 4) is 11.5 Å². The smallest absolute Gasteiger partial charge is 0.134 e. The van der Waals surface area contributed by atoms with Crippen molar-refractivity contribution >= 4 is 43.6 Å². The molecule has 5 heteroatoms. The summed E-state index contributed by atoms with van der Waals surface area (Å²) < 4.78 is 13.4. The monoisotopic (exact) mass is 577 g/mol. The molecule has 0 amide bonds. The second-order valence-corrected chi connectivity index (χ2v) is 9.54. The van der Waals surface area contributed by atoms with Crippen molar-refractivity contribution in [2.75, 3.05) is 5.73 Å². The fourth-order valence-corrected chi connectivity index (χ4v) is 4.49. The Kier molecular flexibility index (Phi) is 8.45. The molecule has 5 rings (SSSR count). The minimum absolute atomic E-state index is 0.559. The van der Waals surface area contributed by atoms with Crippen molar-refractivity contribution in [3.05, 3.63) is 128 Å². The van der Waals surface area contributed by atoms with Crippen LogP contribution in [0, 0.1) is 0 Å². The zero-order valence-corrected chi connectivity index (χ0v) is 21.8. The van der Waals surface area contributed by atoms with Crippen LogP contribution in [0.5, 0.6) is 11.5 Å². The van der Waals surface area contributed by atoms with Crippen LogP contribution in [0.2, 0.25) is 0 Å². The Hall–Kier alpha value is -3.02. The van der Waals surface area contributed by atoms with Gasteiger partial charge in [0.05, 0.1) is 8.95 Å². The van der Waals surface area contributed by atoms with Crippen molar-refractivity contribution in [1.29, 1.82) is 0 Å². The lowest BCUT2D eigenvalue weighted by atomic mass is 10.1. The summed E-state index contributed by atoms with van der Waals surface area (Å²) in [5.74, 6) is 1.71. The van der Waals surface area contributed by atoms with Gasteiger partial charge in [-0.1, -0.05) is 72.8 Å². The second-order valence-electron chi connectivity index (χ2n) is 7.83. The highest BCUT2D eigenvalue weighted by molar-refractivity contribution is 9.10. The first kappa shape index (κ1) is 24.1. The predicted molar refractivity (Wildman–Crippen MR) is 147 cm³/mol. The Labute approximate surface area is 217 Å². The lowest BCUT2D eigenvalue weighted by Crippen LogP contribution is -1.96. The molecule has 0 fully saturated rings. The van der Waals surface area contributed by atoms with Gasteiger partial charge in [0, 0.05) is 5.69 Å². The van der Waals surface area contributed by atoms with Crippen LogP contribution in [0.3, 0.4) is 0 Å². The number of anilines is 1. The molecule has 0 saturated heterocycles. The van der Waals surface area contributed by atoms with E-state index in [1.54, 1.807) is 0 Å². The molecule has 0 atom stereocenters. The molecule has 0 aromatic heterocycles. The Balaban J connectivity index is 0.000000162. The highest BCUT2D eigenvalue weighted by atomic mass is 79.9. The molecule has 0 unspecified atom stereocenters. The van der Waals surface area contributed by atoms with Gasteiger partial charge in [0.2, 0.25) is 0 Å². The third kappa shape index (κ3) is 6.75. The van der Waals surface area contributed by atoms with Crippen LogP contribution in [0.15, 0.2) is 106 Å². The van der Waals surface area contributed by atoms with Crippen molar-refractivity contribution in [1.82, 2.24) is 0 Å². The molecular weight excluding hydrogens is 554 g/mol. The summed E-state index contributed by atoms with van der Waals surface area (Å²) in [7, 11) is 0. The number of benzene rings is 4. The van der Waals surface area contributed by atoms with Crippen LogP contribution in [-0.4, -0.2) is 0 Å². The molecule has 4 aromatic carbocycles. The number of halogens is 2. The second kappa shape index (κ2) is 11.9. The van der Waals surface area contributed by atoms with Crippen LogP contribution in [0.4, 0.5) is 5.69 Å². The molecule has 0 saturated carbocycles. The maximum atomic E-state index is 5.87. The van der Waals surface area contributed by atoms with Crippen LogP contribution in [0.1, 0.15) is 22.3 Å². The lowest BCUT2D eigenvalue weighted by Gasteiger charge is -2.10. The highest BCUT2D eigenvalue weighted by Gasteiger charge is 2.10. The van der Waals surface area contributed by atoms with Gasteiger partial charge < -0.3 is 15.2 Å². The summed E-state index contributed by atoms with van der Waals surface area (Å²) in [4.78, 5) is 0. The number of hydrogen-bond acceptors (Lipinski definition) is 3. The summed E-state index contributed by atoms with van der Waals surface area (Å²) in [5.41, 5.74) is 11.3. The summed E-state index contributed by atoms with van der Waals surface area (Å²) in [6, 6.07) is 30.0. The number of allylic oxidation sites excluding steroid dienone is 1. The van der Waals surface area contributed by atoms with Gasteiger partial charge in [-0.15, -0.1) is 0 Å². The van der Waals surface area contributed by atoms with E-state index in [4.69, 9.17) is 15.2 Å². The van der Waals surface area contributed by atoms with E-state index in [0.29, 0.717) is 13.2 Å². The van der Waals surface area contributed by atoms with Crippen LogP contribution < -0.4 is 15.2 Å². The zero-order chi connectivity index (χ0) is 23.8. The molecule has 0 bridgehead atoms. The first-order valence-corrected chi connectivity index (χ1v) is 12.5. The number of fused-ring (bicyclic) bond motifs is 1. The van der Waals surface area contributed by atoms with E-state index in [1.165, 1.54) is 16.7 Å². The Morgan fingerprint density at radius 2 is 1.26 bits per heavy atom. The van der Waals surface area contributed by atoms with E-state index in [-0.39, 0.29) is 0 Å². The molecule has 0 aliphatic heterocycles. The lowest BCUT2D eigenvalue weighted by molar-refractivity contribution is 0.304. The van der Waals surface area contributed by atoms with Gasteiger partial charge in [0.1, 0.15) is 24.7 Å². The van der Waals surface area contributed by atoms with Crippen LogP contribution in [0.25, 0.3) is 6.08 Å². The summed E-state index contributed by atoms with van der Waals surface area (Å²) in [6.45, 7) is 1.16. The standard InChI is InChI=1S/C16H13BrO.C13H12BrNO/c17-15-9-13-7-4-8-14(13)10-16(15)18-11-12-5-2-1-3-6-12;14-12-8-11(15)6-7-13(12)16-9-10-4-2-1-3-5-10/h1-6,8-10H,7,11H2;1-8H,9,15H2. The van der Waals surface area contributed by atoms with E-state index >= 15 is 0 Å². The number of nitrogens with two attached hydrogens (primary N) is 1. The maximum Gasteiger partial charge on any atom is 0.134 e. The Morgan fingerprint density at radius 1 is 0.676 bits per heavy atom. The van der Waals surface area contributed by atoms with E-state index in [1.807, 2.05) is 66.7 Å². The van der Waals surface area contributed by atoms with Crippen molar-refractivity contribution in [2.45, 2.75) is 19.6 Å². The summed E-state index contributed by atoms with van der Waals surface area (Å²) in [5, 5.41) is 0. The Bertz CT molecular complexity index is 1260. The molecule has 3 nitrogen and oxygen atoms in total. The normalized spacial score (nSPS) is 11.4. The number of rotatable bonds is 6. The average Bonchev–Trinajstić information content (AvgIpc) is 3.31. The summed E-state index contributed by atoms with van der Waals surface area (Å²) in [6.07, 6.45) is 5.35. The largest absolute Gasteiger partial charge is 0.488 e. The topological polar surface area (TPSA) is 44.5 Å². The average molecular weight is 579 g/mol. The van der Waals surface area contributed by atoms with Crippen LogP contribution in [-0.2, 0) is 19.6 Å². The quantitative estimate of drug-likeness (QED) is 0.234. The SMILES string of the molecule is Brc1cc2c(cc1OCc1ccccc1)C=CC2.Nc1ccc(OCc2ccccc2)c(Br)c1. The first-order chi connectivity index (χ1) is 16.6. The third-order valence-electron chi connectivity index (χ3n) is 5.26. The van der Waals surface area contributed by atoms with Crippen molar-refractivity contribution in [3.63, 3.8) is 0 Å². The van der Waals surface area contributed by atoms with E-state index < -0.39 is 0 Å². The predicted octanol–water partition coefficient (Wildman–Crippen LogP) is 8.21. The van der Waals surface area contributed by atoms with Gasteiger partial charge in [-0.25, -0.2) is 0 Å². The first-order valence-electron chi connectivity index (χ1n) is 11.0. The van der Waals surface area contributed by atoms with E-state index in [2.05, 4.69) is 68.3 Å². The molecule has 0 heterocycles. The van der Waals surface area contributed by atoms with E-state index in [9.17, 15) is 0 Å². The molecule has 0 spiro atoms. The molecule has 4 aromatic rings. The third-order valence-corrected chi connectivity index (χ3v) is 6.50. The van der Waals surface area contributed by atoms with Crippen LogP contribution >= 0.6 is 31.9 Å². The Morgan fingerprint density at radius 3 is 1.88 bits per heavy atom. The van der Waals surface area contributed by atoms with Crippen molar-refractivity contribution < 1.29 is 9.47 Å². The molecule has 1 aliphatic rings. The highest BCUT2D eigenvalue weighted by Crippen LogP contribution is 2.33. The van der Waals surface area contributed by atoms with Gasteiger partial charge >= 0.3 is 0 Å². The molecule has 34 heavy (non-hydrogen) atoms.